The minimum atomic E-state index is -0.695. The highest BCUT2D eigenvalue weighted by molar-refractivity contribution is 7.07. The first-order valence-electron chi connectivity index (χ1n) is 6.39. The van der Waals surface area contributed by atoms with Crippen LogP contribution in [0.1, 0.15) is 27.6 Å². The van der Waals surface area contributed by atoms with Crippen LogP contribution in [0, 0.1) is 5.82 Å². The number of aliphatic hydroxyl groups is 1. The fourth-order valence-electron chi connectivity index (χ4n) is 1.88. The molecule has 0 bridgehead atoms. The molecule has 2 N–H and O–H groups in total. The lowest BCUT2D eigenvalue weighted by molar-refractivity contribution is 0.0595. The van der Waals surface area contributed by atoms with E-state index in [0.29, 0.717) is 18.7 Å². The fraction of sp³-hybridized carbons (Fsp3) is 0.267. The maximum Gasteiger partial charge on any atom is 0.340 e. The third kappa shape index (κ3) is 4.10. The molecule has 1 aromatic heterocycles. The summed E-state index contributed by atoms with van der Waals surface area (Å²) in [6, 6.07) is 6.20. The number of hydrogen-bond donors (Lipinski definition) is 2. The highest BCUT2D eigenvalue weighted by atomic mass is 32.1. The van der Waals surface area contributed by atoms with Crippen molar-refractivity contribution in [2.45, 2.75) is 12.6 Å². The van der Waals surface area contributed by atoms with Crippen LogP contribution in [0.5, 0.6) is 0 Å². The summed E-state index contributed by atoms with van der Waals surface area (Å²) in [5, 5.41) is 16.7. The van der Waals surface area contributed by atoms with Crippen LogP contribution in [-0.4, -0.2) is 24.7 Å². The smallest absolute Gasteiger partial charge is 0.340 e. The first kappa shape index (κ1) is 15.6. The molecule has 0 amide bonds. The maximum atomic E-state index is 13.7. The van der Waals surface area contributed by atoms with Gasteiger partial charge in [0.15, 0.2) is 0 Å². The molecular formula is C15H16FNO3S. The molecule has 0 aliphatic carbocycles. The van der Waals surface area contributed by atoms with Gasteiger partial charge in [-0.1, -0.05) is 6.07 Å². The lowest BCUT2D eigenvalue weighted by Crippen LogP contribution is -2.21. The normalized spacial score (nSPS) is 12.1. The monoisotopic (exact) mass is 309 g/mol. The predicted molar refractivity (Wildman–Crippen MR) is 78.7 cm³/mol. The van der Waals surface area contributed by atoms with Crippen LogP contribution < -0.4 is 5.32 Å². The largest absolute Gasteiger partial charge is 0.465 e. The van der Waals surface area contributed by atoms with Gasteiger partial charge >= 0.3 is 5.97 Å². The minimum Gasteiger partial charge on any atom is -0.465 e. The number of carbonyl (C=O) groups excluding carboxylic acids is 1. The summed E-state index contributed by atoms with van der Waals surface area (Å²) in [5.41, 5.74) is 1.47. The number of esters is 1. The van der Waals surface area contributed by atoms with Crippen molar-refractivity contribution in [2.24, 2.45) is 0 Å². The van der Waals surface area contributed by atoms with Gasteiger partial charge in [-0.15, -0.1) is 0 Å². The molecule has 6 heteroatoms. The zero-order valence-electron chi connectivity index (χ0n) is 11.5. The Balaban J connectivity index is 1.89. The van der Waals surface area contributed by atoms with E-state index in [1.807, 2.05) is 16.8 Å². The average molecular weight is 309 g/mol. The van der Waals surface area contributed by atoms with Gasteiger partial charge in [-0.3, -0.25) is 0 Å². The van der Waals surface area contributed by atoms with Crippen molar-refractivity contribution in [2.75, 3.05) is 13.7 Å². The van der Waals surface area contributed by atoms with Crippen LogP contribution in [0.15, 0.2) is 35.0 Å². The number of halogens is 1. The molecule has 0 saturated heterocycles. The van der Waals surface area contributed by atoms with Crippen molar-refractivity contribution in [3.05, 3.63) is 57.5 Å². The minimum absolute atomic E-state index is 0.0837. The second-order valence-corrected chi connectivity index (χ2v) is 5.29. The Bertz CT molecular complexity index is 601. The van der Waals surface area contributed by atoms with Crippen LogP contribution in [0.2, 0.25) is 0 Å². The molecule has 0 saturated carbocycles. The van der Waals surface area contributed by atoms with Gasteiger partial charge in [-0.2, -0.15) is 11.3 Å². The second kappa shape index (κ2) is 7.31. The van der Waals surface area contributed by atoms with Gasteiger partial charge in [0.25, 0.3) is 0 Å². The number of methoxy groups -OCH3 is 1. The molecule has 0 fully saturated rings. The van der Waals surface area contributed by atoms with E-state index in [1.54, 1.807) is 6.07 Å². The van der Waals surface area contributed by atoms with Crippen LogP contribution in [0.25, 0.3) is 0 Å². The van der Waals surface area contributed by atoms with Crippen molar-refractivity contribution in [3.63, 3.8) is 0 Å². The van der Waals surface area contributed by atoms with E-state index in [9.17, 15) is 14.3 Å². The molecule has 21 heavy (non-hydrogen) atoms. The number of carbonyl (C=O) groups is 1. The number of ether oxygens (including phenoxy) is 1. The number of thiophene rings is 1. The summed E-state index contributed by atoms with van der Waals surface area (Å²) in [4.78, 5) is 11.3. The molecule has 1 heterocycles. The van der Waals surface area contributed by atoms with Gasteiger partial charge in [0, 0.05) is 13.1 Å². The van der Waals surface area contributed by atoms with Crippen molar-refractivity contribution >= 4 is 17.3 Å². The van der Waals surface area contributed by atoms with Crippen LogP contribution >= 0.6 is 11.3 Å². The van der Waals surface area contributed by atoms with Crippen LogP contribution in [0.4, 0.5) is 4.39 Å². The Hall–Kier alpha value is -1.76. The van der Waals surface area contributed by atoms with Crippen LogP contribution in [0.3, 0.4) is 0 Å². The topological polar surface area (TPSA) is 58.6 Å². The van der Waals surface area contributed by atoms with Crippen LogP contribution in [-0.2, 0) is 11.3 Å². The zero-order valence-corrected chi connectivity index (χ0v) is 12.3. The molecule has 0 aliphatic rings. The molecule has 0 radical (unpaired) electrons. The standard InChI is InChI=1S/C15H16FNO3S/c1-20-15(19)12-3-2-10(6-13(12)16)7-17-8-14(18)11-4-5-21-9-11/h2-6,9,14,17-18H,7-8H2,1H3. The molecule has 0 aliphatic heterocycles. The van der Waals surface area contributed by atoms with Gasteiger partial charge in [0.1, 0.15) is 5.82 Å². The first-order chi connectivity index (χ1) is 10.1. The SMILES string of the molecule is COC(=O)c1ccc(CNCC(O)c2ccsc2)cc1F. The Labute approximate surface area is 126 Å². The summed E-state index contributed by atoms with van der Waals surface area (Å²) < 4.78 is 18.2. The van der Waals surface area contributed by atoms with E-state index in [1.165, 1.54) is 30.6 Å². The molecule has 1 atom stereocenters. The number of benzene rings is 1. The highest BCUT2D eigenvalue weighted by Gasteiger charge is 2.12. The van der Waals surface area contributed by atoms with Crippen molar-refractivity contribution in [3.8, 4) is 0 Å². The van der Waals surface area contributed by atoms with Crippen molar-refractivity contribution in [1.29, 1.82) is 0 Å². The van der Waals surface area contributed by atoms with E-state index in [-0.39, 0.29) is 5.56 Å². The zero-order chi connectivity index (χ0) is 15.2. The Morgan fingerprint density at radius 2 is 2.29 bits per heavy atom. The summed E-state index contributed by atoms with van der Waals surface area (Å²) in [6.07, 6.45) is -0.588. The molecule has 1 aromatic carbocycles. The lowest BCUT2D eigenvalue weighted by Gasteiger charge is -2.11. The summed E-state index contributed by atoms with van der Waals surface area (Å²) in [6.45, 7) is 0.774. The molecule has 0 spiro atoms. The summed E-state index contributed by atoms with van der Waals surface area (Å²) >= 11 is 1.52. The van der Waals surface area contributed by atoms with E-state index >= 15 is 0 Å². The van der Waals surface area contributed by atoms with E-state index in [0.717, 1.165) is 5.56 Å². The van der Waals surface area contributed by atoms with Crippen molar-refractivity contribution in [1.82, 2.24) is 5.32 Å². The Morgan fingerprint density at radius 1 is 1.48 bits per heavy atom. The molecule has 4 nitrogen and oxygen atoms in total. The fourth-order valence-corrected chi connectivity index (χ4v) is 2.59. The summed E-state index contributed by atoms with van der Waals surface area (Å²) in [5.74, 6) is -1.31. The molecule has 1 unspecified atom stereocenters. The average Bonchev–Trinajstić information content (AvgIpc) is 3.01. The number of nitrogens with one attached hydrogen (secondary N) is 1. The second-order valence-electron chi connectivity index (χ2n) is 4.51. The maximum absolute atomic E-state index is 13.7. The Kier molecular flexibility index (Phi) is 5.44. The molecule has 2 aromatic rings. The number of rotatable bonds is 6. The lowest BCUT2D eigenvalue weighted by atomic mass is 10.1. The van der Waals surface area contributed by atoms with Crippen molar-refractivity contribution < 1.29 is 19.0 Å². The van der Waals surface area contributed by atoms with Gasteiger partial charge in [0.2, 0.25) is 0 Å². The quantitative estimate of drug-likeness (QED) is 0.805. The van der Waals surface area contributed by atoms with E-state index < -0.39 is 17.9 Å². The number of hydrogen-bond acceptors (Lipinski definition) is 5. The Morgan fingerprint density at radius 3 is 2.90 bits per heavy atom. The summed E-state index contributed by atoms with van der Waals surface area (Å²) in [7, 11) is 1.21. The molecule has 2 rings (SSSR count). The highest BCUT2D eigenvalue weighted by Crippen LogP contribution is 2.16. The van der Waals surface area contributed by atoms with E-state index in [4.69, 9.17) is 0 Å². The van der Waals surface area contributed by atoms with Gasteiger partial charge in [0.05, 0.1) is 18.8 Å². The predicted octanol–water partition coefficient (Wildman–Crippen LogP) is 2.50. The third-order valence-corrected chi connectivity index (χ3v) is 3.74. The number of aliphatic hydroxyl groups excluding tert-OH is 1. The molecule has 112 valence electrons. The first-order valence-corrected chi connectivity index (χ1v) is 7.33. The third-order valence-electron chi connectivity index (χ3n) is 3.03. The van der Waals surface area contributed by atoms with Gasteiger partial charge in [-0.25, -0.2) is 9.18 Å². The van der Waals surface area contributed by atoms with Gasteiger partial charge < -0.3 is 15.2 Å². The molecular weight excluding hydrogens is 293 g/mol. The van der Waals surface area contributed by atoms with Gasteiger partial charge in [-0.05, 0) is 40.1 Å². The van der Waals surface area contributed by atoms with E-state index in [2.05, 4.69) is 10.1 Å².